The van der Waals surface area contributed by atoms with Gasteiger partial charge in [0.05, 0.1) is 21.5 Å². The Hall–Kier alpha value is -1.48. The van der Waals surface area contributed by atoms with Crippen LogP contribution in [-0.4, -0.2) is 32.3 Å². The van der Waals surface area contributed by atoms with Crippen molar-refractivity contribution in [2.45, 2.75) is 38.4 Å². The normalized spacial score (nSPS) is 11.1. The van der Waals surface area contributed by atoms with E-state index in [0.29, 0.717) is 40.6 Å². The highest BCUT2D eigenvalue weighted by atomic mass is 35.5. The molecule has 0 spiro atoms. The van der Waals surface area contributed by atoms with Crippen LogP contribution in [0.4, 0.5) is 5.69 Å². The number of primary amides is 1. The third kappa shape index (κ3) is 6.55. The molecule has 1 heterocycles. The Bertz CT molecular complexity index is 849. The van der Waals surface area contributed by atoms with E-state index in [1.54, 1.807) is 0 Å². The lowest BCUT2D eigenvalue weighted by atomic mass is 10.2. The molecular weight excluding hydrogens is 445 g/mol. The van der Waals surface area contributed by atoms with Crippen LogP contribution in [-0.2, 0) is 22.6 Å². The summed E-state index contributed by atoms with van der Waals surface area (Å²) in [5.74, 6) is 0.391. The fourth-order valence-electron chi connectivity index (χ4n) is 2.36. The molecule has 0 aliphatic heterocycles. The molecule has 7 nitrogen and oxygen atoms in total. The van der Waals surface area contributed by atoms with E-state index in [2.05, 4.69) is 29.4 Å². The summed E-state index contributed by atoms with van der Waals surface area (Å²) < 4.78 is 1.91. The largest absolute Gasteiger partial charge is 0.370 e. The number of nitrogens with two attached hydrogens (primary N) is 1. The summed E-state index contributed by atoms with van der Waals surface area (Å²) in [5, 5.41) is 12.5. The SMILES string of the molecule is CC(C)Cn1c(CCC(N)=O)nnc1SCC(=O)Nc1c(Cl)cc(Cl)cc1Cl. The van der Waals surface area contributed by atoms with Gasteiger partial charge in [-0.3, -0.25) is 9.59 Å². The molecule has 28 heavy (non-hydrogen) atoms. The number of hydrogen-bond donors (Lipinski definition) is 2. The Morgan fingerprint density at radius 3 is 2.43 bits per heavy atom. The zero-order chi connectivity index (χ0) is 20.8. The van der Waals surface area contributed by atoms with Crippen LogP contribution in [0.3, 0.4) is 0 Å². The van der Waals surface area contributed by atoms with Gasteiger partial charge in [0.1, 0.15) is 5.82 Å². The summed E-state index contributed by atoms with van der Waals surface area (Å²) in [4.78, 5) is 23.4. The quantitative estimate of drug-likeness (QED) is 0.545. The molecule has 0 aliphatic rings. The maximum atomic E-state index is 12.3. The van der Waals surface area contributed by atoms with Crippen LogP contribution < -0.4 is 11.1 Å². The average molecular weight is 465 g/mol. The Labute approximate surface area is 182 Å². The highest BCUT2D eigenvalue weighted by Crippen LogP contribution is 2.33. The highest BCUT2D eigenvalue weighted by Gasteiger charge is 2.17. The number of rotatable bonds is 9. The molecule has 0 atom stereocenters. The molecule has 1 aromatic carbocycles. The van der Waals surface area contributed by atoms with E-state index < -0.39 is 5.91 Å². The van der Waals surface area contributed by atoms with Gasteiger partial charge in [-0.2, -0.15) is 0 Å². The minimum Gasteiger partial charge on any atom is -0.370 e. The number of benzene rings is 1. The Balaban J connectivity index is 2.07. The van der Waals surface area contributed by atoms with Gasteiger partial charge in [0.15, 0.2) is 5.16 Å². The van der Waals surface area contributed by atoms with Gasteiger partial charge in [-0.25, -0.2) is 0 Å². The van der Waals surface area contributed by atoms with Gasteiger partial charge in [0, 0.05) is 24.4 Å². The number of carbonyl (C=O) groups is 2. The molecule has 0 unspecified atom stereocenters. The van der Waals surface area contributed by atoms with E-state index in [1.807, 2.05) is 4.57 Å². The predicted molar refractivity (Wildman–Crippen MR) is 113 cm³/mol. The number of halogens is 3. The van der Waals surface area contributed by atoms with Gasteiger partial charge in [0.25, 0.3) is 0 Å². The Kier molecular flexibility index (Phi) is 8.42. The van der Waals surface area contributed by atoms with E-state index in [4.69, 9.17) is 40.5 Å². The van der Waals surface area contributed by atoms with E-state index in [0.717, 1.165) is 0 Å². The number of anilines is 1. The van der Waals surface area contributed by atoms with Crippen LogP contribution in [0.25, 0.3) is 0 Å². The van der Waals surface area contributed by atoms with E-state index in [1.165, 1.54) is 23.9 Å². The number of hydrogen-bond acceptors (Lipinski definition) is 5. The molecule has 11 heteroatoms. The van der Waals surface area contributed by atoms with Crippen molar-refractivity contribution in [1.29, 1.82) is 0 Å². The zero-order valence-corrected chi connectivity index (χ0v) is 18.4. The van der Waals surface area contributed by atoms with Crippen molar-refractivity contribution in [2.75, 3.05) is 11.1 Å². The lowest BCUT2D eigenvalue weighted by Crippen LogP contribution is -2.17. The average Bonchev–Trinajstić information content (AvgIpc) is 2.95. The van der Waals surface area contributed by atoms with E-state index >= 15 is 0 Å². The third-order valence-corrected chi connectivity index (χ3v) is 5.32. The van der Waals surface area contributed by atoms with Crippen LogP contribution in [0, 0.1) is 5.92 Å². The van der Waals surface area contributed by atoms with E-state index in [-0.39, 0.29) is 28.1 Å². The number of thioether (sulfide) groups is 1. The lowest BCUT2D eigenvalue weighted by molar-refractivity contribution is -0.118. The highest BCUT2D eigenvalue weighted by molar-refractivity contribution is 7.99. The fourth-order valence-corrected chi connectivity index (χ4v) is 4.04. The van der Waals surface area contributed by atoms with Crippen LogP contribution in [0.2, 0.25) is 15.1 Å². The number of carbonyl (C=O) groups excluding carboxylic acids is 2. The van der Waals surface area contributed by atoms with Gasteiger partial charge >= 0.3 is 0 Å². The van der Waals surface area contributed by atoms with Crippen molar-refractivity contribution in [1.82, 2.24) is 14.8 Å². The summed E-state index contributed by atoms with van der Waals surface area (Å²) in [7, 11) is 0. The number of nitrogens with zero attached hydrogens (tertiary/aromatic N) is 3. The summed E-state index contributed by atoms with van der Waals surface area (Å²) in [5.41, 5.74) is 5.53. The second-order valence-electron chi connectivity index (χ2n) is 6.45. The Morgan fingerprint density at radius 1 is 1.21 bits per heavy atom. The standard InChI is InChI=1S/C17H20Cl3N5O2S/c1-9(2)7-25-14(4-3-13(21)26)23-24-17(25)28-8-15(27)22-16-11(19)5-10(18)6-12(16)20/h5-6,9H,3-4,7-8H2,1-2H3,(H2,21,26)(H,22,27). The summed E-state index contributed by atoms with van der Waals surface area (Å²) >= 11 is 19.3. The van der Waals surface area contributed by atoms with Crippen molar-refractivity contribution in [2.24, 2.45) is 11.7 Å². The van der Waals surface area contributed by atoms with Crippen LogP contribution in [0.1, 0.15) is 26.1 Å². The third-order valence-electron chi connectivity index (χ3n) is 3.54. The molecule has 2 amide bonds. The number of aromatic nitrogens is 3. The summed E-state index contributed by atoms with van der Waals surface area (Å²) in [6.45, 7) is 4.78. The second kappa shape index (κ2) is 10.3. The van der Waals surface area contributed by atoms with Gasteiger partial charge in [-0.1, -0.05) is 60.4 Å². The molecule has 0 fully saturated rings. The Morgan fingerprint density at radius 2 is 1.86 bits per heavy atom. The van der Waals surface area contributed by atoms with Crippen LogP contribution >= 0.6 is 46.6 Å². The maximum absolute atomic E-state index is 12.3. The number of nitrogens with one attached hydrogen (secondary N) is 1. The minimum absolute atomic E-state index is 0.0847. The molecule has 0 bridgehead atoms. The smallest absolute Gasteiger partial charge is 0.234 e. The topological polar surface area (TPSA) is 103 Å². The van der Waals surface area contributed by atoms with Gasteiger partial charge in [0.2, 0.25) is 11.8 Å². The maximum Gasteiger partial charge on any atom is 0.234 e. The molecular formula is C17H20Cl3N5O2S. The van der Waals surface area contributed by atoms with Crippen LogP contribution in [0.15, 0.2) is 17.3 Å². The fraction of sp³-hybridized carbons (Fsp3) is 0.412. The molecule has 152 valence electrons. The molecule has 3 N–H and O–H groups in total. The summed E-state index contributed by atoms with van der Waals surface area (Å²) in [6.07, 6.45) is 0.590. The van der Waals surface area contributed by atoms with Crippen molar-refractivity contribution in [3.8, 4) is 0 Å². The van der Waals surface area contributed by atoms with Gasteiger partial charge < -0.3 is 15.6 Å². The molecule has 0 saturated carbocycles. The van der Waals surface area contributed by atoms with Crippen molar-refractivity contribution in [3.05, 3.63) is 33.0 Å². The predicted octanol–water partition coefficient (Wildman–Crippen LogP) is 4.04. The zero-order valence-electron chi connectivity index (χ0n) is 15.3. The lowest BCUT2D eigenvalue weighted by Gasteiger charge is -2.13. The number of amides is 2. The van der Waals surface area contributed by atoms with E-state index in [9.17, 15) is 9.59 Å². The van der Waals surface area contributed by atoms with Crippen molar-refractivity contribution < 1.29 is 9.59 Å². The van der Waals surface area contributed by atoms with Crippen molar-refractivity contribution in [3.63, 3.8) is 0 Å². The molecule has 2 aromatic rings. The molecule has 2 rings (SSSR count). The molecule has 0 radical (unpaired) electrons. The molecule has 0 aliphatic carbocycles. The number of aryl methyl sites for hydroxylation is 1. The first kappa shape index (κ1) is 22.8. The van der Waals surface area contributed by atoms with Gasteiger partial charge in [-0.15, -0.1) is 10.2 Å². The first-order chi connectivity index (χ1) is 13.2. The summed E-state index contributed by atoms with van der Waals surface area (Å²) in [6, 6.07) is 3.00. The van der Waals surface area contributed by atoms with Crippen LogP contribution in [0.5, 0.6) is 0 Å². The molecule has 1 aromatic heterocycles. The molecule has 0 saturated heterocycles. The first-order valence-corrected chi connectivity index (χ1v) is 10.6. The monoisotopic (exact) mass is 463 g/mol. The van der Waals surface area contributed by atoms with Gasteiger partial charge in [-0.05, 0) is 18.1 Å². The van der Waals surface area contributed by atoms with Crippen molar-refractivity contribution >= 4 is 64.1 Å². The minimum atomic E-state index is -0.399. The first-order valence-electron chi connectivity index (χ1n) is 8.45. The second-order valence-corrected chi connectivity index (χ2v) is 8.64.